The molecule has 1 aromatic heterocycles. The topological polar surface area (TPSA) is 47.0 Å². The summed E-state index contributed by atoms with van der Waals surface area (Å²) >= 11 is 5.98. The van der Waals surface area contributed by atoms with Crippen LogP contribution in [0, 0.1) is 0 Å². The zero-order chi connectivity index (χ0) is 13.5. The van der Waals surface area contributed by atoms with E-state index in [-0.39, 0.29) is 0 Å². The second-order valence-electron chi connectivity index (χ2n) is 4.95. The number of rotatable bonds is 7. The third-order valence-electron chi connectivity index (χ3n) is 3.28. The minimum absolute atomic E-state index is 0.464. The van der Waals surface area contributed by atoms with Gasteiger partial charge in [-0.05, 0) is 19.3 Å². The van der Waals surface area contributed by atoms with Crippen molar-refractivity contribution in [1.29, 1.82) is 0 Å². The number of nitrogens with one attached hydrogen (secondary N) is 1. The van der Waals surface area contributed by atoms with Crippen LogP contribution < -0.4 is 5.32 Å². The van der Waals surface area contributed by atoms with E-state index in [1.165, 1.54) is 25.7 Å². The minimum Gasteiger partial charge on any atom is -0.376 e. The van der Waals surface area contributed by atoms with Crippen LogP contribution in [0.3, 0.4) is 0 Å². The molecule has 1 aliphatic carbocycles. The first-order chi connectivity index (χ1) is 9.28. The first-order valence-corrected chi connectivity index (χ1v) is 7.54. The van der Waals surface area contributed by atoms with Crippen LogP contribution in [0.25, 0.3) is 0 Å². The summed E-state index contributed by atoms with van der Waals surface area (Å²) in [7, 11) is 0. The molecule has 1 aromatic rings. The lowest BCUT2D eigenvalue weighted by atomic mass is 10.3. The third kappa shape index (κ3) is 4.96. The van der Waals surface area contributed by atoms with Crippen molar-refractivity contribution in [1.82, 2.24) is 9.97 Å². The molecular weight excluding hydrogens is 262 g/mol. The average Bonchev–Trinajstić information content (AvgIpc) is 2.87. The van der Waals surface area contributed by atoms with E-state index in [1.807, 2.05) is 0 Å². The molecule has 0 amide bonds. The van der Waals surface area contributed by atoms with Gasteiger partial charge in [0.25, 0.3) is 0 Å². The van der Waals surface area contributed by atoms with E-state index in [4.69, 9.17) is 16.3 Å². The second-order valence-corrected chi connectivity index (χ2v) is 5.33. The molecule has 19 heavy (non-hydrogen) atoms. The van der Waals surface area contributed by atoms with Crippen molar-refractivity contribution in [3.05, 3.63) is 17.0 Å². The lowest BCUT2D eigenvalue weighted by Crippen LogP contribution is -2.16. The number of halogens is 1. The van der Waals surface area contributed by atoms with Crippen molar-refractivity contribution < 1.29 is 4.74 Å². The Hall–Kier alpha value is -0.870. The summed E-state index contributed by atoms with van der Waals surface area (Å²) in [6.07, 6.45) is 7.37. The molecule has 1 N–H and O–H groups in total. The van der Waals surface area contributed by atoms with Crippen LogP contribution in [-0.2, 0) is 11.2 Å². The molecular formula is C14H22ClN3O. The largest absolute Gasteiger partial charge is 0.376 e. The Morgan fingerprint density at radius 2 is 2.16 bits per heavy atom. The van der Waals surface area contributed by atoms with E-state index >= 15 is 0 Å². The van der Waals surface area contributed by atoms with Crippen molar-refractivity contribution in [2.45, 2.75) is 51.6 Å². The van der Waals surface area contributed by atoms with Gasteiger partial charge < -0.3 is 10.1 Å². The van der Waals surface area contributed by atoms with Gasteiger partial charge in [0.15, 0.2) is 0 Å². The van der Waals surface area contributed by atoms with Gasteiger partial charge in [-0.15, -0.1) is 0 Å². The number of ether oxygens (including phenoxy) is 1. The summed E-state index contributed by atoms with van der Waals surface area (Å²) in [5.41, 5.74) is 0. The van der Waals surface area contributed by atoms with E-state index < -0.39 is 0 Å². The summed E-state index contributed by atoms with van der Waals surface area (Å²) in [6, 6.07) is 1.76. The van der Waals surface area contributed by atoms with Crippen molar-refractivity contribution in [3.8, 4) is 0 Å². The molecule has 1 heterocycles. The highest BCUT2D eigenvalue weighted by Gasteiger charge is 2.14. The van der Waals surface area contributed by atoms with E-state index in [0.29, 0.717) is 11.3 Å². The highest BCUT2D eigenvalue weighted by molar-refractivity contribution is 6.29. The van der Waals surface area contributed by atoms with E-state index in [2.05, 4.69) is 22.2 Å². The molecule has 0 bridgehead atoms. The van der Waals surface area contributed by atoms with Gasteiger partial charge in [-0.1, -0.05) is 31.4 Å². The number of aromatic nitrogens is 2. The van der Waals surface area contributed by atoms with Crippen LogP contribution in [0.15, 0.2) is 6.07 Å². The Morgan fingerprint density at radius 3 is 2.89 bits per heavy atom. The predicted molar refractivity (Wildman–Crippen MR) is 77.7 cm³/mol. The second kappa shape index (κ2) is 7.65. The normalized spacial score (nSPS) is 15.9. The number of hydrogen-bond donors (Lipinski definition) is 1. The zero-order valence-corrected chi connectivity index (χ0v) is 12.2. The van der Waals surface area contributed by atoms with Crippen LogP contribution in [0.1, 0.15) is 44.9 Å². The van der Waals surface area contributed by atoms with Gasteiger partial charge in [0.2, 0.25) is 0 Å². The van der Waals surface area contributed by atoms with Crippen LogP contribution in [0.5, 0.6) is 0 Å². The summed E-state index contributed by atoms with van der Waals surface area (Å²) in [6.45, 7) is 3.58. The molecule has 0 radical (unpaired) electrons. The van der Waals surface area contributed by atoms with Gasteiger partial charge in [0.1, 0.15) is 16.8 Å². The van der Waals surface area contributed by atoms with Gasteiger partial charge in [-0.25, -0.2) is 9.97 Å². The molecule has 1 fully saturated rings. The summed E-state index contributed by atoms with van der Waals surface area (Å²) < 4.78 is 5.79. The molecule has 0 aromatic carbocycles. The SMILES string of the molecule is CCCc1nc(Cl)cc(NCCOC2CCCC2)n1. The molecule has 0 spiro atoms. The standard InChI is InChI=1S/C14H22ClN3O/c1-2-5-13-17-12(15)10-14(18-13)16-8-9-19-11-6-3-4-7-11/h10-11H,2-9H2,1H3,(H,16,17,18). The van der Waals surface area contributed by atoms with Crippen molar-refractivity contribution in [2.24, 2.45) is 0 Å². The smallest absolute Gasteiger partial charge is 0.134 e. The van der Waals surface area contributed by atoms with Gasteiger partial charge in [0.05, 0.1) is 12.7 Å². The minimum atomic E-state index is 0.464. The van der Waals surface area contributed by atoms with Crippen molar-refractivity contribution in [3.63, 3.8) is 0 Å². The Morgan fingerprint density at radius 1 is 1.37 bits per heavy atom. The molecule has 1 aliphatic rings. The predicted octanol–water partition coefficient (Wildman–Crippen LogP) is 3.45. The number of anilines is 1. The van der Waals surface area contributed by atoms with Gasteiger partial charge in [-0.2, -0.15) is 0 Å². The van der Waals surface area contributed by atoms with Crippen molar-refractivity contribution in [2.75, 3.05) is 18.5 Å². The molecule has 0 unspecified atom stereocenters. The van der Waals surface area contributed by atoms with Crippen LogP contribution in [-0.4, -0.2) is 29.2 Å². The maximum absolute atomic E-state index is 5.98. The number of hydrogen-bond acceptors (Lipinski definition) is 4. The zero-order valence-electron chi connectivity index (χ0n) is 11.5. The van der Waals surface area contributed by atoms with Crippen molar-refractivity contribution >= 4 is 17.4 Å². The Kier molecular flexibility index (Phi) is 5.86. The van der Waals surface area contributed by atoms with Gasteiger partial charge in [0, 0.05) is 19.0 Å². The van der Waals surface area contributed by atoms with E-state index in [9.17, 15) is 0 Å². The molecule has 106 valence electrons. The van der Waals surface area contributed by atoms with E-state index in [1.54, 1.807) is 6.07 Å². The molecule has 5 heteroatoms. The van der Waals surface area contributed by atoms with Gasteiger partial charge in [-0.3, -0.25) is 0 Å². The first-order valence-electron chi connectivity index (χ1n) is 7.17. The molecule has 0 aliphatic heterocycles. The fourth-order valence-corrected chi connectivity index (χ4v) is 2.55. The molecule has 0 saturated heterocycles. The van der Waals surface area contributed by atoms with Crippen LogP contribution >= 0.6 is 11.6 Å². The quantitative estimate of drug-likeness (QED) is 0.615. The number of aryl methyl sites for hydroxylation is 1. The molecule has 0 atom stereocenters. The molecule has 1 saturated carbocycles. The van der Waals surface area contributed by atoms with Crippen LogP contribution in [0.2, 0.25) is 5.15 Å². The Labute approximate surface area is 119 Å². The highest BCUT2D eigenvalue weighted by atomic mass is 35.5. The Balaban J connectivity index is 1.75. The maximum atomic E-state index is 5.98. The first kappa shape index (κ1) is 14.5. The lowest BCUT2D eigenvalue weighted by Gasteiger charge is -2.12. The monoisotopic (exact) mass is 283 g/mol. The van der Waals surface area contributed by atoms with Crippen LogP contribution in [0.4, 0.5) is 5.82 Å². The lowest BCUT2D eigenvalue weighted by molar-refractivity contribution is 0.0658. The fourth-order valence-electron chi connectivity index (χ4n) is 2.35. The highest BCUT2D eigenvalue weighted by Crippen LogP contribution is 2.20. The Bertz CT molecular complexity index is 394. The number of nitrogens with zero attached hydrogens (tertiary/aromatic N) is 2. The third-order valence-corrected chi connectivity index (χ3v) is 3.47. The maximum Gasteiger partial charge on any atom is 0.134 e. The van der Waals surface area contributed by atoms with Gasteiger partial charge >= 0.3 is 0 Å². The summed E-state index contributed by atoms with van der Waals surface area (Å²) in [5.74, 6) is 1.59. The average molecular weight is 284 g/mol. The summed E-state index contributed by atoms with van der Waals surface area (Å²) in [5, 5.41) is 3.75. The fraction of sp³-hybridized carbons (Fsp3) is 0.714. The summed E-state index contributed by atoms with van der Waals surface area (Å²) in [4.78, 5) is 8.63. The van der Waals surface area contributed by atoms with E-state index in [0.717, 1.165) is 37.6 Å². The molecule has 2 rings (SSSR count). The molecule has 4 nitrogen and oxygen atoms in total.